The van der Waals surface area contributed by atoms with Crippen molar-refractivity contribution in [3.63, 3.8) is 0 Å². The van der Waals surface area contributed by atoms with Gasteiger partial charge < -0.3 is 20.2 Å². The van der Waals surface area contributed by atoms with E-state index in [9.17, 15) is 4.79 Å². The van der Waals surface area contributed by atoms with Gasteiger partial charge in [-0.05, 0) is 31.6 Å². The number of aromatic nitrogens is 1. The largest absolute Gasteiger partial charge is 0.483 e. The molecule has 1 aromatic heterocycles. The number of hydrogen-bond donors (Lipinski definition) is 2. The number of urea groups is 1. The molecule has 0 spiro atoms. The highest BCUT2D eigenvalue weighted by atomic mass is 16.3. The van der Waals surface area contributed by atoms with Gasteiger partial charge in [-0.2, -0.15) is 0 Å². The number of hydrogen-bond acceptors (Lipinski definition) is 4. The second kappa shape index (κ2) is 10.6. The van der Waals surface area contributed by atoms with Crippen molar-refractivity contribution in [3.8, 4) is 0 Å². The van der Waals surface area contributed by atoms with Crippen LogP contribution in [0.5, 0.6) is 0 Å². The highest BCUT2D eigenvalue weighted by Gasteiger charge is 2.32. The van der Waals surface area contributed by atoms with Crippen molar-refractivity contribution >= 4 is 12.5 Å². The van der Waals surface area contributed by atoms with Gasteiger partial charge in [-0.15, -0.1) is 0 Å². The Labute approximate surface area is 143 Å². The van der Waals surface area contributed by atoms with Crippen LogP contribution in [0.4, 0.5) is 4.79 Å². The lowest BCUT2D eigenvalue weighted by Crippen LogP contribution is -2.53. The van der Waals surface area contributed by atoms with Gasteiger partial charge in [0.15, 0.2) is 0 Å². The number of nitrogens with zero attached hydrogens (tertiary/aromatic N) is 3. The van der Waals surface area contributed by atoms with Gasteiger partial charge in [0.1, 0.15) is 0 Å². The standard InChI is InChI=1S/C16H26N4O.CH2O2/c1-4-19(3)10-13(2)9-18-16(21)20-11-14(12-20)15-7-5-6-8-17-15;2-1-3/h5-8,13-14H,4,9-12H2,1-3H3,(H,18,21);1H,(H,2,3). The smallest absolute Gasteiger partial charge is 0.317 e. The minimum Gasteiger partial charge on any atom is -0.483 e. The fourth-order valence-electron chi connectivity index (χ4n) is 2.55. The number of carboxylic acid groups (broad SMARTS) is 1. The van der Waals surface area contributed by atoms with E-state index in [1.807, 2.05) is 29.3 Å². The van der Waals surface area contributed by atoms with E-state index in [2.05, 4.69) is 36.1 Å². The first-order valence-electron chi connectivity index (χ1n) is 8.21. The fraction of sp³-hybridized carbons (Fsp3) is 0.588. The van der Waals surface area contributed by atoms with E-state index < -0.39 is 0 Å². The summed E-state index contributed by atoms with van der Waals surface area (Å²) in [6.07, 6.45) is 1.81. The number of likely N-dealkylation sites (tertiary alicyclic amines) is 1. The third kappa shape index (κ3) is 6.54. The van der Waals surface area contributed by atoms with Crippen LogP contribution in [0.25, 0.3) is 0 Å². The molecule has 1 aliphatic heterocycles. The third-order valence-corrected chi connectivity index (χ3v) is 4.04. The molecule has 1 unspecified atom stereocenters. The maximum Gasteiger partial charge on any atom is 0.317 e. The van der Waals surface area contributed by atoms with Crippen LogP contribution in [0.15, 0.2) is 24.4 Å². The first-order valence-corrected chi connectivity index (χ1v) is 8.21. The van der Waals surface area contributed by atoms with E-state index in [1.165, 1.54) is 0 Å². The molecule has 1 fully saturated rings. The number of carbonyl (C=O) groups is 2. The van der Waals surface area contributed by atoms with Crippen LogP contribution in [0.3, 0.4) is 0 Å². The molecule has 7 heteroatoms. The van der Waals surface area contributed by atoms with E-state index in [1.54, 1.807) is 0 Å². The normalized spacial score (nSPS) is 15.1. The Morgan fingerprint density at radius 1 is 1.54 bits per heavy atom. The maximum absolute atomic E-state index is 12.0. The number of rotatable bonds is 6. The van der Waals surface area contributed by atoms with Crippen LogP contribution in [-0.4, -0.2) is 72.2 Å². The summed E-state index contributed by atoms with van der Waals surface area (Å²) >= 11 is 0. The number of pyridine rings is 1. The van der Waals surface area contributed by atoms with Crippen LogP contribution in [0.2, 0.25) is 0 Å². The van der Waals surface area contributed by atoms with Crippen LogP contribution < -0.4 is 5.32 Å². The molecular weight excluding hydrogens is 308 g/mol. The molecule has 0 saturated carbocycles. The minimum absolute atomic E-state index is 0.0492. The molecule has 0 aliphatic carbocycles. The van der Waals surface area contributed by atoms with Crippen molar-refractivity contribution in [3.05, 3.63) is 30.1 Å². The molecule has 2 amide bonds. The van der Waals surface area contributed by atoms with Gasteiger partial charge >= 0.3 is 6.03 Å². The number of carbonyl (C=O) groups excluding carboxylic acids is 1. The maximum atomic E-state index is 12.0. The molecule has 134 valence electrons. The van der Waals surface area contributed by atoms with Gasteiger partial charge in [0.05, 0.1) is 0 Å². The molecule has 2 rings (SSSR count). The fourth-order valence-corrected chi connectivity index (χ4v) is 2.55. The Morgan fingerprint density at radius 3 is 2.75 bits per heavy atom. The predicted molar refractivity (Wildman–Crippen MR) is 93.0 cm³/mol. The van der Waals surface area contributed by atoms with Crippen LogP contribution in [0, 0.1) is 5.92 Å². The van der Waals surface area contributed by atoms with Gasteiger partial charge in [-0.1, -0.05) is 19.9 Å². The number of nitrogens with one attached hydrogen (secondary N) is 1. The summed E-state index contributed by atoms with van der Waals surface area (Å²) in [4.78, 5) is 28.9. The zero-order valence-corrected chi connectivity index (χ0v) is 14.7. The second-order valence-electron chi connectivity index (χ2n) is 6.11. The Balaban J connectivity index is 0.000000891. The molecule has 2 heterocycles. The lowest BCUT2D eigenvalue weighted by atomic mass is 9.96. The molecule has 0 aromatic carbocycles. The Kier molecular flexibility index (Phi) is 8.78. The highest BCUT2D eigenvalue weighted by Crippen LogP contribution is 2.24. The molecule has 1 atom stereocenters. The van der Waals surface area contributed by atoms with Crippen molar-refractivity contribution < 1.29 is 14.7 Å². The first-order chi connectivity index (χ1) is 11.5. The Morgan fingerprint density at radius 2 is 2.21 bits per heavy atom. The summed E-state index contributed by atoms with van der Waals surface area (Å²) in [6, 6.07) is 5.99. The molecule has 1 aromatic rings. The van der Waals surface area contributed by atoms with Crippen molar-refractivity contribution in [1.82, 2.24) is 20.1 Å². The van der Waals surface area contributed by atoms with Crippen molar-refractivity contribution in [2.45, 2.75) is 19.8 Å². The van der Waals surface area contributed by atoms with Gasteiger partial charge in [-0.3, -0.25) is 9.78 Å². The van der Waals surface area contributed by atoms with E-state index in [4.69, 9.17) is 9.90 Å². The average Bonchev–Trinajstić information content (AvgIpc) is 2.53. The van der Waals surface area contributed by atoms with Crippen LogP contribution in [0.1, 0.15) is 25.5 Å². The molecule has 24 heavy (non-hydrogen) atoms. The van der Waals surface area contributed by atoms with Crippen molar-refractivity contribution in [2.75, 3.05) is 39.8 Å². The lowest BCUT2D eigenvalue weighted by Gasteiger charge is -2.39. The van der Waals surface area contributed by atoms with Crippen LogP contribution >= 0.6 is 0 Å². The molecule has 0 bridgehead atoms. The quantitative estimate of drug-likeness (QED) is 0.769. The van der Waals surface area contributed by atoms with Crippen molar-refractivity contribution in [1.29, 1.82) is 0 Å². The average molecular weight is 336 g/mol. The highest BCUT2D eigenvalue weighted by molar-refractivity contribution is 5.75. The Hall–Kier alpha value is -2.15. The summed E-state index contributed by atoms with van der Waals surface area (Å²) in [7, 11) is 2.10. The van der Waals surface area contributed by atoms with E-state index in [-0.39, 0.29) is 12.5 Å². The molecular formula is C17H28N4O3. The Bertz CT molecular complexity index is 492. The van der Waals surface area contributed by atoms with E-state index in [0.717, 1.165) is 38.4 Å². The third-order valence-electron chi connectivity index (χ3n) is 4.04. The zero-order chi connectivity index (χ0) is 17.9. The van der Waals surface area contributed by atoms with E-state index >= 15 is 0 Å². The topological polar surface area (TPSA) is 85.8 Å². The zero-order valence-electron chi connectivity index (χ0n) is 14.7. The number of amides is 2. The van der Waals surface area contributed by atoms with Gasteiger partial charge in [-0.25, -0.2) is 4.79 Å². The first kappa shape index (κ1) is 19.9. The van der Waals surface area contributed by atoms with Crippen molar-refractivity contribution in [2.24, 2.45) is 5.92 Å². The van der Waals surface area contributed by atoms with Crippen LogP contribution in [-0.2, 0) is 4.79 Å². The van der Waals surface area contributed by atoms with Gasteiger partial charge in [0.2, 0.25) is 0 Å². The van der Waals surface area contributed by atoms with Gasteiger partial charge in [0.25, 0.3) is 6.47 Å². The summed E-state index contributed by atoms with van der Waals surface area (Å²) in [5.74, 6) is 0.854. The van der Waals surface area contributed by atoms with E-state index in [0.29, 0.717) is 11.8 Å². The second-order valence-corrected chi connectivity index (χ2v) is 6.11. The lowest BCUT2D eigenvalue weighted by molar-refractivity contribution is -0.122. The summed E-state index contributed by atoms with van der Waals surface area (Å²) in [5.41, 5.74) is 1.08. The molecule has 7 nitrogen and oxygen atoms in total. The molecule has 0 radical (unpaired) electrons. The summed E-state index contributed by atoms with van der Waals surface area (Å²) in [6.45, 7) is 8.37. The SMILES string of the molecule is CCN(C)CC(C)CNC(=O)N1CC(c2ccccn2)C1.O=CO. The molecule has 1 aliphatic rings. The minimum atomic E-state index is -0.250. The molecule has 2 N–H and O–H groups in total. The molecule has 1 saturated heterocycles. The van der Waals surface area contributed by atoms with Gasteiger partial charge in [0, 0.05) is 44.0 Å². The monoisotopic (exact) mass is 336 g/mol. The summed E-state index contributed by atoms with van der Waals surface area (Å²) < 4.78 is 0. The predicted octanol–water partition coefficient (Wildman–Crippen LogP) is 1.48. The summed E-state index contributed by atoms with van der Waals surface area (Å²) in [5, 5.41) is 9.91.